The van der Waals surface area contributed by atoms with Crippen LogP contribution in [-0.2, 0) is 9.47 Å². The number of benzene rings is 1. The number of carbonyl (C=O) groups excluding carboxylic acids is 1. The van der Waals surface area contributed by atoms with E-state index in [9.17, 15) is 4.79 Å². The molecular weight excluding hydrogens is 322 g/mol. The Morgan fingerprint density at radius 1 is 1.20 bits per heavy atom. The Balaban J connectivity index is 1.50. The van der Waals surface area contributed by atoms with Crippen LogP contribution < -0.4 is 10.2 Å². The lowest BCUT2D eigenvalue weighted by Crippen LogP contribution is -2.36. The van der Waals surface area contributed by atoms with E-state index in [0.29, 0.717) is 17.6 Å². The van der Waals surface area contributed by atoms with Crippen molar-refractivity contribution >= 4 is 22.6 Å². The number of fused-ring (bicyclic) bond motifs is 1. The van der Waals surface area contributed by atoms with Crippen molar-refractivity contribution in [2.24, 2.45) is 0 Å². The zero-order valence-electron chi connectivity index (χ0n) is 14.0. The van der Waals surface area contributed by atoms with Crippen molar-refractivity contribution in [1.82, 2.24) is 20.5 Å². The molecule has 2 saturated heterocycles. The van der Waals surface area contributed by atoms with Crippen LogP contribution in [0.25, 0.3) is 11.0 Å². The summed E-state index contributed by atoms with van der Waals surface area (Å²) in [5.74, 6) is -0.230. The molecule has 0 bridgehead atoms. The van der Waals surface area contributed by atoms with E-state index in [4.69, 9.17) is 9.47 Å². The second kappa shape index (κ2) is 7.28. The molecule has 0 aliphatic carbocycles. The minimum atomic E-state index is -0.318. The number of hydrogen-bond acceptors (Lipinski definition) is 7. The van der Waals surface area contributed by atoms with Crippen molar-refractivity contribution in [2.75, 3.05) is 44.4 Å². The van der Waals surface area contributed by atoms with Crippen molar-refractivity contribution in [1.29, 1.82) is 0 Å². The maximum Gasteiger partial charge on any atom is 0.291 e. The Bertz CT molecular complexity index is 757. The summed E-state index contributed by atoms with van der Waals surface area (Å²) in [6.07, 6.45) is 2.10. The molecule has 2 aliphatic rings. The maximum absolute atomic E-state index is 12.3. The molecule has 3 heterocycles. The van der Waals surface area contributed by atoms with Gasteiger partial charge in [0.15, 0.2) is 0 Å². The van der Waals surface area contributed by atoms with Crippen molar-refractivity contribution in [3.63, 3.8) is 0 Å². The van der Waals surface area contributed by atoms with Gasteiger partial charge in [-0.15, -0.1) is 10.2 Å². The predicted molar refractivity (Wildman–Crippen MR) is 91.7 cm³/mol. The first-order valence-corrected chi connectivity index (χ1v) is 8.66. The first-order valence-electron chi connectivity index (χ1n) is 8.66. The summed E-state index contributed by atoms with van der Waals surface area (Å²) in [5, 5.41) is 10.9. The van der Waals surface area contributed by atoms with Crippen LogP contribution in [0.3, 0.4) is 0 Å². The Labute approximate surface area is 145 Å². The molecule has 0 radical (unpaired) electrons. The van der Waals surface area contributed by atoms with Gasteiger partial charge in [-0.05, 0) is 31.0 Å². The number of aromatic nitrogens is 3. The smallest absolute Gasteiger partial charge is 0.291 e. The second-order valence-electron chi connectivity index (χ2n) is 6.25. The number of ether oxygens (including phenoxy) is 2. The van der Waals surface area contributed by atoms with E-state index in [2.05, 4.69) is 25.4 Å². The zero-order valence-corrected chi connectivity index (χ0v) is 14.0. The van der Waals surface area contributed by atoms with E-state index in [1.165, 1.54) is 0 Å². The Kier molecular flexibility index (Phi) is 4.71. The zero-order chi connectivity index (χ0) is 17.1. The number of amides is 1. The van der Waals surface area contributed by atoms with Crippen molar-refractivity contribution in [3.05, 3.63) is 24.0 Å². The number of carbonyl (C=O) groups is 1. The maximum atomic E-state index is 12.3. The molecule has 2 aromatic rings. The van der Waals surface area contributed by atoms with Crippen LogP contribution in [0.5, 0.6) is 0 Å². The largest absolute Gasteiger partial charge is 0.378 e. The molecule has 1 atom stereocenters. The first-order chi connectivity index (χ1) is 12.3. The van der Waals surface area contributed by atoms with E-state index in [1.54, 1.807) is 0 Å². The third-order valence-electron chi connectivity index (χ3n) is 4.53. The van der Waals surface area contributed by atoms with Crippen LogP contribution in [0.2, 0.25) is 0 Å². The summed E-state index contributed by atoms with van der Waals surface area (Å²) in [5.41, 5.74) is 2.40. The van der Waals surface area contributed by atoms with Crippen LogP contribution in [0.1, 0.15) is 23.5 Å². The number of anilines is 1. The highest BCUT2D eigenvalue weighted by molar-refractivity contribution is 5.92. The van der Waals surface area contributed by atoms with E-state index in [-0.39, 0.29) is 17.8 Å². The molecule has 1 aromatic carbocycles. The van der Waals surface area contributed by atoms with E-state index in [0.717, 1.165) is 51.4 Å². The van der Waals surface area contributed by atoms with Crippen LogP contribution in [0.15, 0.2) is 18.2 Å². The van der Waals surface area contributed by atoms with E-state index < -0.39 is 0 Å². The van der Waals surface area contributed by atoms with Gasteiger partial charge >= 0.3 is 0 Å². The fourth-order valence-corrected chi connectivity index (χ4v) is 3.13. The molecule has 25 heavy (non-hydrogen) atoms. The van der Waals surface area contributed by atoms with Gasteiger partial charge in [-0.3, -0.25) is 4.79 Å². The van der Waals surface area contributed by atoms with Gasteiger partial charge in [-0.25, -0.2) is 4.98 Å². The minimum Gasteiger partial charge on any atom is -0.378 e. The lowest BCUT2D eigenvalue weighted by atomic mass is 10.2. The van der Waals surface area contributed by atoms with Crippen LogP contribution in [-0.4, -0.2) is 66.6 Å². The molecule has 1 N–H and O–H groups in total. The highest BCUT2D eigenvalue weighted by Crippen LogP contribution is 2.20. The standard InChI is InChI=1S/C17H21N5O3/c23-17(18-11-13-2-1-7-25-13)16-19-15-10-12(3-4-14(15)20-21-16)22-5-8-24-9-6-22/h3-4,10,13H,1-2,5-9,11H2,(H,18,23)/t13-/m1/s1. The Morgan fingerprint density at radius 2 is 2.08 bits per heavy atom. The molecular formula is C17H21N5O3. The summed E-state index contributed by atoms with van der Waals surface area (Å²) in [6, 6.07) is 5.83. The Morgan fingerprint density at radius 3 is 2.88 bits per heavy atom. The SMILES string of the molecule is O=C(NC[C@H]1CCCO1)c1nnc2ccc(N3CCOCC3)cc2n1. The fraction of sp³-hybridized carbons (Fsp3) is 0.529. The topological polar surface area (TPSA) is 89.5 Å². The Hall–Kier alpha value is -2.32. The molecule has 1 aromatic heterocycles. The van der Waals surface area contributed by atoms with Gasteiger partial charge in [-0.2, -0.15) is 0 Å². The summed E-state index contributed by atoms with van der Waals surface area (Å²) >= 11 is 0. The fourth-order valence-electron chi connectivity index (χ4n) is 3.13. The van der Waals surface area contributed by atoms with E-state index >= 15 is 0 Å². The molecule has 0 unspecified atom stereocenters. The van der Waals surface area contributed by atoms with Gasteiger partial charge in [0.1, 0.15) is 5.52 Å². The molecule has 2 aliphatic heterocycles. The van der Waals surface area contributed by atoms with Gasteiger partial charge in [0, 0.05) is 31.9 Å². The number of nitrogens with zero attached hydrogens (tertiary/aromatic N) is 4. The average molecular weight is 343 g/mol. The van der Waals surface area contributed by atoms with Crippen molar-refractivity contribution < 1.29 is 14.3 Å². The summed E-state index contributed by atoms with van der Waals surface area (Å²) in [6.45, 7) is 4.37. The van der Waals surface area contributed by atoms with Crippen molar-refractivity contribution in [3.8, 4) is 0 Å². The number of nitrogens with one attached hydrogen (secondary N) is 1. The normalized spacial score (nSPS) is 20.8. The number of morpholine rings is 1. The minimum absolute atomic E-state index is 0.0876. The van der Waals surface area contributed by atoms with Crippen LogP contribution in [0, 0.1) is 0 Å². The monoisotopic (exact) mass is 343 g/mol. The summed E-state index contributed by atoms with van der Waals surface area (Å²) in [7, 11) is 0. The summed E-state index contributed by atoms with van der Waals surface area (Å²) in [4.78, 5) is 18.9. The van der Waals surface area contributed by atoms with Gasteiger partial charge in [0.05, 0.1) is 24.8 Å². The molecule has 2 fully saturated rings. The van der Waals surface area contributed by atoms with Crippen LogP contribution in [0.4, 0.5) is 5.69 Å². The summed E-state index contributed by atoms with van der Waals surface area (Å²) < 4.78 is 10.9. The second-order valence-corrected chi connectivity index (χ2v) is 6.25. The number of hydrogen-bond donors (Lipinski definition) is 1. The lowest BCUT2D eigenvalue weighted by molar-refractivity contribution is 0.0848. The van der Waals surface area contributed by atoms with Gasteiger partial charge in [0.25, 0.3) is 5.91 Å². The molecule has 4 rings (SSSR count). The third-order valence-corrected chi connectivity index (χ3v) is 4.53. The molecule has 1 amide bonds. The van der Waals surface area contributed by atoms with Gasteiger partial charge in [-0.1, -0.05) is 0 Å². The number of rotatable bonds is 4. The molecule has 8 heteroatoms. The van der Waals surface area contributed by atoms with Crippen molar-refractivity contribution in [2.45, 2.75) is 18.9 Å². The molecule has 0 saturated carbocycles. The average Bonchev–Trinajstić information content (AvgIpc) is 3.19. The molecule has 132 valence electrons. The first kappa shape index (κ1) is 16.2. The van der Waals surface area contributed by atoms with Crippen LogP contribution >= 0.6 is 0 Å². The third kappa shape index (κ3) is 3.69. The van der Waals surface area contributed by atoms with Gasteiger partial charge in [0.2, 0.25) is 5.82 Å². The highest BCUT2D eigenvalue weighted by Gasteiger charge is 2.18. The quantitative estimate of drug-likeness (QED) is 0.877. The molecule has 0 spiro atoms. The lowest BCUT2D eigenvalue weighted by Gasteiger charge is -2.28. The predicted octanol–water partition coefficient (Wildman–Crippen LogP) is 0.770. The molecule has 8 nitrogen and oxygen atoms in total. The van der Waals surface area contributed by atoms with E-state index in [1.807, 2.05) is 18.2 Å². The highest BCUT2D eigenvalue weighted by atomic mass is 16.5. The van der Waals surface area contributed by atoms with Gasteiger partial charge < -0.3 is 19.7 Å².